The molecule has 4 heteroatoms. The number of rotatable bonds is 6. The SMILES string of the molecule is CCN(CCCO)Cc1cncn1C. The minimum Gasteiger partial charge on any atom is -0.396 e. The maximum absolute atomic E-state index is 8.75. The summed E-state index contributed by atoms with van der Waals surface area (Å²) in [7, 11) is 2.00. The molecule has 0 unspecified atom stereocenters. The van der Waals surface area contributed by atoms with Crippen molar-refractivity contribution >= 4 is 0 Å². The monoisotopic (exact) mass is 197 g/mol. The average molecular weight is 197 g/mol. The summed E-state index contributed by atoms with van der Waals surface area (Å²) < 4.78 is 2.03. The van der Waals surface area contributed by atoms with E-state index in [4.69, 9.17) is 5.11 Å². The largest absolute Gasteiger partial charge is 0.396 e. The number of imidazole rings is 1. The van der Waals surface area contributed by atoms with Gasteiger partial charge in [-0.2, -0.15) is 0 Å². The highest BCUT2D eigenvalue weighted by Gasteiger charge is 2.05. The Balaban J connectivity index is 2.44. The van der Waals surface area contributed by atoms with Gasteiger partial charge >= 0.3 is 0 Å². The fourth-order valence-electron chi connectivity index (χ4n) is 1.41. The van der Waals surface area contributed by atoms with Gasteiger partial charge in [0.2, 0.25) is 0 Å². The highest BCUT2D eigenvalue weighted by atomic mass is 16.3. The van der Waals surface area contributed by atoms with Gasteiger partial charge in [0.05, 0.1) is 12.0 Å². The van der Waals surface area contributed by atoms with Crippen LogP contribution in [-0.4, -0.2) is 39.3 Å². The van der Waals surface area contributed by atoms with Crippen molar-refractivity contribution in [2.24, 2.45) is 7.05 Å². The summed E-state index contributed by atoms with van der Waals surface area (Å²) in [6.45, 7) is 5.26. The van der Waals surface area contributed by atoms with Crippen LogP contribution in [0.15, 0.2) is 12.5 Å². The van der Waals surface area contributed by atoms with Crippen molar-refractivity contribution in [2.45, 2.75) is 19.9 Å². The van der Waals surface area contributed by atoms with Crippen LogP contribution in [0.2, 0.25) is 0 Å². The minimum absolute atomic E-state index is 0.266. The third-order valence-corrected chi connectivity index (χ3v) is 2.38. The van der Waals surface area contributed by atoms with Gasteiger partial charge in [0.15, 0.2) is 0 Å². The van der Waals surface area contributed by atoms with Gasteiger partial charge < -0.3 is 9.67 Å². The second-order valence-corrected chi connectivity index (χ2v) is 3.44. The van der Waals surface area contributed by atoms with Crippen LogP contribution in [0.3, 0.4) is 0 Å². The minimum atomic E-state index is 0.266. The molecule has 80 valence electrons. The molecule has 0 aliphatic heterocycles. The molecule has 1 rings (SSSR count). The zero-order valence-electron chi connectivity index (χ0n) is 8.98. The Labute approximate surface area is 85.2 Å². The number of aliphatic hydroxyl groups is 1. The van der Waals surface area contributed by atoms with Crippen molar-refractivity contribution in [1.82, 2.24) is 14.5 Å². The number of aryl methyl sites for hydroxylation is 1. The van der Waals surface area contributed by atoms with Crippen molar-refractivity contribution in [3.63, 3.8) is 0 Å². The van der Waals surface area contributed by atoms with E-state index in [2.05, 4.69) is 16.8 Å². The first-order chi connectivity index (χ1) is 6.77. The van der Waals surface area contributed by atoms with Gasteiger partial charge in [0, 0.05) is 32.9 Å². The molecule has 1 N–H and O–H groups in total. The number of hydrogen-bond acceptors (Lipinski definition) is 3. The van der Waals surface area contributed by atoms with Crippen molar-refractivity contribution in [1.29, 1.82) is 0 Å². The summed E-state index contributed by atoms with van der Waals surface area (Å²) in [6.07, 6.45) is 4.54. The van der Waals surface area contributed by atoms with Gasteiger partial charge in [-0.3, -0.25) is 4.90 Å². The molecule has 1 heterocycles. The Morgan fingerprint density at radius 2 is 2.36 bits per heavy atom. The fourth-order valence-corrected chi connectivity index (χ4v) is 1.41. The van der Waals surface area contributed by atoms with Crippen LogP contribution < -0.4 is 0 Å². The van der Waals surface area contributed by atoms with E-state index in [-0.39, 0.29) is 6.61 Å². The Hall–Kier alpha value is -0.870. The molecule has 0 fully saturated rings. The van der Waals surface area contributed by atoms with Crippen molar-refractivity contribution in [3.8, 4) is 0 Å². The van der Waals surface area contributed by atoms with Gasteiger partial charge in [-0.05, 0) is 13.0 Å². The highest BCUT2D eigenvalue weighted by Crippen LogP contribution is 2.03. The van der Waals surface area contributed by atoms with Crippen LogP contribution in [0.1, 0.15) is 19.0 Å². The van der Waals surface area contributed by atoms with E-state index in [1.807, 2.05) is 24.1 Å². The zero-order chi connectivity index (χ0) is 10.4. The lowest BCUT2D eigenvalue weighted by molar-refractivity contribution is 0.222. The predicted molar refractivity (Wildman–Crippen MR) is 55.9 cm³/mol. The number of nitrogens with zero attached hydrogens (tertiary/aromatic N) is 3. The summed E-state index contributed by atoms with van der Waals surface area (Å²) in [4.78, 5) is 6.38. The first-order valence-corrected chi connectivity index (χ1v) is 5.06. The smallest absolute Gasteiger partial charge is 0.0945 e. The lowest BCUT2D eigenvalue weighted by Crippen LogP contribution is -2.25. The van der Waals surface area contributed by atoms with Crippen LogP contribution in [0.25, 0.3) is 0 Å². The van der Waals surface area contributed by atoms with E-state index in [0.717, 1.165) is 26.1 Å². The molecule has 1 aromatic rings. The van der Waals surface area contributed by atoms with E-state index in [1.54, 1.807) is 0 Å². The maximum atomic E-state index is 8.75. The standard InChI is InChI=1S/C10H19N3O/c1-3-13(5-4-6-14)8-10-7-11-9-12(10)2/h7,9,14H,3-6,8H2,1-2H3. The van der Waals surface area contributed by atoms with Crippen LogP contribution in [-0.2, 0) is 13.6 Å². The molecular formula is C10H19N3O. The Morgan fingerprint density at radius 1 is 1.57 bits per heavy atom. The van der Waals surface area contributed by atoms with E-state index in [9.17, 15) is 0 Å². The zero-order valence-corrected chi connectivity index (χ0v) is 8.98. The van der Waals surface area contributed by atoms with Crippen molar-refractivity contribution in [2.75, 3.05) is 19.7 Å². The molecule has 0 atom stereocenters. The Kier molecular flexibility index (Phi) is 4.62. The second kappa shape index (κ2) is 5.78. The van der Waals surface area contributed by atoms with Gasteiger partial charge in [-0.25, -0.2) is 4.98 Å². The van der Waals surface area contributed by atoms with Crippen LogP contribution in [0.5, 0.6) is 0 Å². The summed E-state index contributed by atoms with van der Waals surface area (Å²) >= 11 is 0. The topological polar surface area (TPSA) is 41.3 Å². The number of aromatic nitrogens is 2. The van der Waals surface area contributed by atoms with E-state index in [1.165, 1.54) is 5.69 Å². The van der Waals surface area contributed by atoms with Gasteiger partial charge in [-0.1, -0.05) is 6.92 Å². The Morgan fingerprint density at radius 3 is 2.86 bits per heavy atom. The molecule has 0 amide bonds. The first-order valence-electron chi connectivity index (χ1n) is 5.06. The van der Waals surface area contributed by atoms with E-state index >= 15 is 0 Å². The quantitative estimate of drug-likeness (QED) is 0.727. The second-order valence-electron chi connectivity index (χ2n) is 3.44. The molecular weight excluding hydrogens is 178 g/mol. The molecule has 1 aromatic heterocycles. The molecule has 0 aromatic carbocycles. The summed E-state index contributed by atoms with van der Waals surface area (Å²) in [5.41, 5.74) is 1.21. The molecule has 0 bridgehead atoms. The first kappa shape index (κ1) is 11.2. The molecule has 0 saturated heterocycles. The van der Waals surface area contributed by atoms with Gasteiger partial charge in [0.1, 0.15) is 0 Å². The third-order valence-electron chi connectivity index (χ3n) is 2.38. The molecule has 4 nitrogen and oxygen atoms in total. The predicted octanol–water partition coefficient (Wildman–Crippen LogP) is 0.624. The molecule has 14 heavy (non-hydrogen) atoms. The maximum Gasteiger partial charge on any atom is 0.0945 e. The van der Waals surface area contributed by atoms with Gasteiger partial charge in [-0.15, -0.1) is 0 Å². The molecule has 0 spiro atoms. The molecule has 0 aliphatic carbocycles. The average Bonchev–Trinajstić information content (AvgIpc) is 2.59. The summed E-state index contributed by atoms with van der Waals surface area (Å²) in [6, 6.07) is 0. The fraction of sp³-hybridized carbons (Fsp3) is 0.700. The Bertz CT molecular complexity index is 260. The highest BCUT2D eigenvalue weighted by molar-refractivity contribution is 4.97. The summed E-state index contributed by atoms with van der Waals surface area (Å²) in [5.74, 6) is 0. The third kappa shape index (κ3) is 3.12. The van der Waals surface area contributed by atoms with Crippen molar-refractivity contribution < 1.29 is 5.11 Å². The van der Waals surface area contributed by atoms with E-state index in [0.29, 0.717) is 0 Å². The summed E-state index contributed by atoms with van der Waals surface area (Å²) in [5, 5.41) is 8.75. The van der Waals surface area contributed by atoms with Crippen LogP contribution in [0, 0.1) is 0 Å². The molecule has 0 aliphatic rings. The van der Waals surface area contributed by atoms with Gasteiger partial charge in [0.25, 0.3) is 0 Å². The lowest BCUT2D eigenvalue weighted by atomic mass is 10.3. The number of aliphatic hydroxyl groups excluding tert-OH is 1. The van der Waals surface area contributed by atoms with Crippen LogP contribution in [0.4, 0.5) is 0 Å². The van der Waals surface area contributed by atoms with Crippen molar-refractivity contribution in [3.05, 3.63) is 18.2 Å². The normalized spacial score (nSPS) is 11.1. The lowest BCUT2D eigenvalue weighted by Gasteiger charge is -2.19. The van der Waals surface area contributed by atoms with Crippen LogP contribution >= 0.6 is 0 Å². The molecule has 0 saturated carbocycles. The van der Waals surface area contributed by atoms with E-state index < -0.39 is 0 Å². The molecule has 0 radical (unpaired) electrons. The number of hydrogen-bond donors (Lipinski definition) is 1.